The molecular weight excluding hydrogens is 198 g/mol. The number of nitrogens with zero attached hydrogens (tertiary/aromatic N) is 1. The minimum Gasteiger partial charge on any atom is -0.299 e. The van der Waals surface area contributed by atoms with Crippen molar-refractivity contribution in [2.75, 3.05) is 0 Å². The quantitative estimate of drug-likeness (QED) is 0.719. The highest BCUT2D eigenvalue weighted by atomic mass is 16.1. The first-order chi connectivity index (χ1) is 7.70. The Morgan fingerprint density at radius 3 is 2.50 bits per heavy atom. The molecule has 2 nitrogen and oxygen atoms in total. The highest BCUT2D eigenvalue weighted by Gasteiger charge is 2.26. The Morgan fingerprint density at radius 2 is 1.94 bits per heavy atom. The van der Waals surface area contributed by atoms with Crippen LogP contribution in [-0.2, 0) is 4.79 Å². The van der Waals surface area contributed by atoms with Crippen molar-refractivity contribution in [3.63, 3.8) is 0 Å². The van der Waals surface area contributed by atoms with Crippen molar-refractivity contribution >= 4 is 5.78 Å². The van der Waals surface area contributed by atoms with E-state index < -0.39 is 0 Å². The Labute approximate surface area is 95.9 Å². The van der Waals surface area contributed by atoms with E-state index in [1.807, 2.05) is 31.2 Å². The SMILES string of the molecule is CC1CCC(c2ccc(C#N)cc2)CC1=O. The number of carbonyl (C=O) groups is 1. The minimum absolute atomic E-state index is 0.231. The first-order valence-electron chi connectivity index (χ1n) is 5.73. The molecule has 0 heterocycles. The topological polar surface area (TPSA) is 40.9 Å². The maximum Gasteiger partial charge on any atom is 0.136 e. The molecule has 2 rings (SSSR count). The van der Waals surface area contributed by atoms with Gasteiger partial charge in [0.1, 0.15) is 5.78 Å². The van der Waals surface area contributed by atoms with E-state index in [4.69, 9.17) is 5.26 Å². The van der Waals surface area contributed by atoms with Crippen LogP contribution in [0.15, 0.2) is 24.3 Å². The van der Waals surface area contributed by atoms with Gasteiger partial charge in [-0.3, -0.25) is 4.79 Å². The zero-order chi connectivity index (χ0) is 11.5. The van der Waals surface area contributed by atoms with Gasteiger partial charge in [-0.1, -0.05) is 19.1 Å². The highest BCUT2D eigenvalue weighted by Crippen LogP contribution is 2.33. The van der Waals surface area contributed by atoms with Crippen LogP contribution >= 0.6 is 0 Å². The van der Waals surface area contributed by atoms with Gasteiger partial charge in [-0.15, -0.1) is 0 Å². The molecule has 0 amide bonds. The molecule has 82 valence electrons. The number of nitriles is 1. The smallest absolute Gasteiger partial charge is 0.136 e. The standard InChI is InChI=1S/C14H15NO/c1-10-2-5-13(8-14(10)16)12-6-3-11(9-15)4-7-12/h3-4,6-7,10,13H,2,5,8H2,1H3. The van der Waals surface area contributed by atoms with Crippen LogP contribution in [-0.4, -0.2) is 5.78 Å². The number of ketones is 1. The predicted octanol–water partition coefficient (Wildman–Crippen LogP) is 3.03. The van der Waals surface area contributed by atoms with Crippen molar-refractivity contribution < 1.29 is 4.79 Å². The summed E-state index contributed by atoms with van der Waals surface area (Å²) in [5.41, 5.74) is 1.87. The van der Waals surface area contributed by atoms with Crippen LogP contribution in [0.2, 0.25) is 0 Å². The van der Waals surface area contributed by atoms with E-state index in [1.54, 1.807) is 0 Å². The third kappa shape index (κ3) is 2.14. The van der Waals surface area contributed by atoms with Crippen molar-refractivity contribution in [2.24, 2.45) is 5.92 Å². The fourth-order valence-corrected chi connectivity index (χ4v) is 2.27. The molecule has 0 bridgehead atoms. The molecule has 0 aliphatic heterocycles. The van der Waals surface area contributed by atoms with Crippen LogP contribution in [0, 0.1) is 17.2 Å². The Balaban J connectivity index is 2.13. The molecule has 2 heteroatoms. The molecule has 0 aromatic heterocycles. The first kappa shape index (κ1) is 10.9. The molecule has 1 aliphatic carbocycles. The number of rotatable bonds is 1. The van der Waals surface area contributed by atoms with Crippen LogP contribution in [0.4, 0.5) is 0 Å². The van der Waals surface area contributed by atoms with Gasteiger partial charge >= 0.3 is 0 Å². The van der Waals surface area contributed by atoms with E-state index in [0.717, 1.165) is 12.8 Å². The third-order valence-electron chi connectivity index (χ3n) is 3.46. The molecule has 0 N–H and O–H groups in total. The summed E-state index contributed by atoms with van der Waals surface area (Å²) in [5, 5.41) is 8.71. The van der Waals surface area contributed by atoms with Gasteiger partial charge < -0.3 is 0 Å². The van der Waals surface area contributed by atoms with Crippen molar-refractivity contribution in [3.8, 4) is 6.07 Å². The highest BCUT2D eigenvalue weighted by molar-refractivity contribution is 5.82. The number of hydrogen-bond donors (Lipinski definition) is 0. The number of benzene rings is 1. The van der Waals surface area contributed by atoms with Gasteiger partial charge in [0.2, 0.25) is 0 Å². The average molecular weight is 213 g/mol. The minimum atomic E-state index is 0.231. The lowest BCUT2D eigenvalue weighted by Gasteiger charge is -2.25. The van der Waals surface area contributed by atoms with Crippen LogP contribution < -0.4 is 0 Å². The van der Waals surface area contributed by atoms with Crippen LogP contribution in [0.5, 0.6) is 0 Å². The Bertz CT molecular complexity index is 427. The summed E-state index contributed by atoms with van der Waals surface area (Å²) >= 11 is 0. The second-order valence-corrected chi connectivity index (χ2v) is 4.58. The molecule has 16 heavy (non-hydrogen) atoms. The Kier molecular flexibility index (Phi) is 3.05. The fourth-order valence-electron chi connectivity index (χ4n) is 2.27. The number of Topliss-reactive ketones (excluding diaryl/α,β-unsaturated/α-hetero) is 1. The third-order valence-corrected chi connectivity index (χ3v) is 3.46. The van der Waals surface area contributed by atoms with Crippen molar-refractivity contribution in [3.05, 3.63) is 35.4 Å². The van der Waals surface area contributed by atoms with E-state index in [2.05, 4.69) is 6.07 Å². The van der Waals surface area contributed by atoms with E-state index in [9.17, 15) is 4.79 Å². The molecule has 0 saturated heterocycles. The lowest BCUT2D eigenvalue weighted by Crippen LogP contribution is -2.21. The van der Waals surface area contributed by atoms with Crippen LogP contribution in [0.1, 0.15) is 43.2 Å². The summed E-state index contributed by atoms with van der Waals surface area (Å²) in [6, 6.07) is 9.73. The maximum absolute atomic E-state index is 11.6. The molecule has 1 aromatic rings. The van der Waals surface area contributed by atoms with Crippen LogP contribution in [0.3, 0.4) is 0 Å². The molecule has 1 aromatic carbocycles. The van der Waals surface area contributed by atoms with Gasteiger partial charge in [0.15, 0.2) is 0 Å². The van der Waals surface area contributed by atoms with E-state index in [0.29, 0.717) is 23.7 Å². The maximum atomic E-state index is 11.6. The van der Waals surface area contributed by atoms with Crippen molar-refractivity contribution in [1.82, 2.24) is 0 Å². The molecule has 2 atom stereocenters. The molecule has 0 spiro atoms. The summed E-state index contributed by atoms with van der Waals surface area (Å²) in [4.78, 5) is 11.6. The first-order valence-corrected chi connectivity index (χ1v) is 5.73. The van der Waals surface area contributed by atoms with Gasteiger partial charge in [0.25, 0.3) is 0 Å². The van der Waals surface area contributed by atoms with Crippen molar-refractivity contribution in [2.45, 2.75) is 32.1 Å². The summed E-state index contributed by atoms with van der Waals surface area (Å²) < 4.78 is 0. The Morgan fingerprint density at radius 1 is 1.25 bits per heavy atom. The molecule has 0 radical (unpaired) electrons. The summed E-state index contributed by atoms with van der Waals surface area (Å²) in [7, 11) is 0. The zero-order valence-electron chi connectivity index (χ0n) is 9.44. The molecule has 1 fully saturated rings. The molecule has 1 aliphatic rings. The Hall–Kier alpha value is -1.62. The lowest BCUT2D eigenvalue weighted by atomic mass is 9.78. The summed E-state index contributed by atoms with van der Waals surface area (Å²) in [6.45, 7) is 2.01. The van der Waals surface area contributed by atoms with Gasteiger partial charge in [-0.2, -0.15) is 5.26 Å². The van der Waals surface area contributed by atoms with E-state index in [1.165, 1.54) is 5.56 Å². The van der Waals surface area contributed by atoms with Gasteiger partial charge in [-0.25, -0.2) is 0 Å². The molecule has 2 unspecified atom stereocenters. The molecular formula is C14H15NO. The number of hydrogen-bond acceptors (Lipinski definition) is 2. The normalized spacial score (nSPS) is 25.1. The monoisotopic (exact) mass is 213 g/mol. The second kappa shape index (κ2) is 4.49. The van der Waals surface area contributed by atoms with E-state index >= 15 is 0 Å². The van der Waals surface area contributed by atoms with Crippen LogP contribution in [0.25, 0.3) is 0 Å². The van der Waals surface area contributed by atoms with E-state index in [-0.39, 0.29) is 5.92 Å². The van der Waals surface area contributed by atoms with Gasteiger partial charge in [0.05, 0.1) is 11.6 Å². The number of carbonyl (C=O) groups excluding carboxylic acids is 1. The average Bonchev–Trinajstić information content (AvgIpc) is 2.33. The predicted molar refractivity (Wildman–Crippen MR) is 61.9 cm³/mol. The second-order valence-electron chi connectivity index (χ2n) is 4.58. The largest absolute Gasteiger partial charge is 0.299 e. The zero-order valence-corrected chi connectivity index (χ0v) is 9.44. The summed E-state index contributed by atoms with van der Waals surface area (Å²) in [6.07, 6.45) is 2.73. The molecule has 1 saturated carbocycles. The van der Waals surface area contributed by atoms with Gasteiger partial charge in [0, 0.05) is 12.3 Å². The van der Waals surface area contributed by atoms with Gasteiger partial charge in [-0.05, 0) is 36.5 Å². The lowest BCUT2D eigenvalue weighted by molar-refractivity contribution is -0.124. The summed E-state index contributed by atoms with van der Waals surface area (Å²) in [5.74, 6) is 0.965. The fraction of sp³-hybridized carbons (Fsp3) is 0.429. The van der Waals surface area contributed by atoms with Crippen molar-refractivity contribution in [1.29, 1.82) is 5.26 Å².